The van der Waals surface area contributed by atoms with E-state index in [1.165, 1.54) is 12.1 Å². The van der Waals surface area contributed by atoms with Crippen molar-refractivity contribution in [1.82, 2.24) is 0 Å². The molecular weight excluding hydrogens is 405 g/mol. The van der Waals surface area contributed by atoms with Gasteiger partial charge >= 0.3 is 12.4 Å². The van der Waals surface area contributed by atoms with Gasteiger partial charge in [0.25, 0.3) is 0 Å². The molecule has 0 saturated heterocycles. The highest BCUT2D eigenvalue weighted by atomic mass is 19.4. The summed E-state index contributed by atoms with van der Waals surface area (Å²) in [6.45, 7) is -0.107. The highest BCUT2D eigenvalue weighted by molar-refractivity contribution is 5.84. The van der Waals surface area contributed by atoms with Gasteiger partial charge < -0.3 is 4.74 Å². The first kappa shape index (κ1) is 20.5. The molecule has 150 valence electrons. The van der Waals surface area contributed by atoms with Gasteiger partial charge in [0.1, 0.15) is 24.5 Å². The van der Waals surface area contributed by atoms with Crippen LogP contribution in [0.25, 0.3) is 6.08 Å². The normalized spacial score (nSPS) is 13.6. The highest BCUT2D eigenvalue weighted by Crippen LogP contribution is 2.37. The molecule has 0 unspecified atom stereocenters. The number of alkyl halides is 6. The predicted molar refractivity (Wildman–Crippen MR) is 88.4 cm³/mol. The average Bonchev–Trinajstić information content (AvgIpc) is 2.64. The predicted octanol–water partition coefficient (Wildman–Crippen LogP) is 5.24. The summed E-state index contributed by atoms with van der Waals surface area (Å²) in [5.74, 6) is 3.68. The maximum Gasteiger partial charge on any atom is 0.417 e. The average molecular weight is 414 g/mol. The minimum absolute atomic E-state index is 0.00518. The third-order valence-corrected chi connectivity index (χ3v) is 3.96. The summed E-state index contributed by atoms with van der Waals surface area (Å²) < 4.78 is 97.0. The zero-order chi connectivity index (χ0) is 21.4. The fourth-order valence-electron chi connectivity index (χ4n) is 2.58. The van der Waals surface area contributed by atoms with Gasteiger partial charge in [-0.25, -0.2) is 4.39 Å². The molecule has 3 rings (SSSR count). The summed E-state index contributed by atoms with van der Waals surface area (Å²) in [6, 6.07) is 3.27. The third-order valence-electron chi connectivity index (χ3n) is 3.96. The van der Waals surface area contributed by atoms with E-state index < -0.39 is 34.9 Å². The number of halogens is 7. The maximum absolute atomic E-state index is 14.2. The molecule has 9 heteroatoms. The SMILES string of the molecule is O=CC1=Cc2c(F)cc(C#Cc3ccc(C(F)(F)F)cc3C(F)(F)F)cc2OC1. The number of hydrogen-bond donors (Lipinski definition) is 0. The van der Waals surface area contributed by atoms with Gasteiger partial charge in [0.05, 0.1) is 16.7 Å². The fourth-order valence-corrected chi connectivity index (χ4v) is 2.58. The number of benzene rings is 2. The van der Waals surface area contributed by atoms with Gasteiger partial charge in [0, 0.05) is 16.7 Å². The van der Waals surface area contributed by atoms with E-state index in [2.05, 4.69) is 11.8 Å². The molecular formula is C20H9F7O2. The van der Waals surface area contributed by atoms with Crippen LogP contribution in [0.15, 0.2) is 35.9 Å². The van der Waals surface area contributed by atoms with Gasteiger partial charge in [0.2, 0.25) is 0 Å². The summed E-state index contributed by atoms with van der Waals surface area (Å²) in [6.07, 6.45) is -8.24. The topological polar surface area (TPSA) is 26.3 Å². The minimum Gasteiger partial charge on any atom is -0.488 e. The van der Waals surface area contributed by atoms with Gasteiger partial charge in [-0.3, -0.25) is 4.79 Å². The first-order valence-corrected chi connectivity index (χ1v) is 7.91. The zero-order valence-corrected chi connectivity index (χ0v) is 14.2. The van der Waals surface area contributed by atoms with Crippen molar-refractivity contribution in [2.45, 2.75) is 12.4 Å². The first-order chi connectivity index (χ1) is 13.5. The van der Waals surface area contributed by atoms with E-state index in [0.29, 0.717) is 18.4 Å². The lowest BCUT2D eigenvalue weighted by atomic mass is 10.0. The minimum atomic E-state index is -5.06. The molecule has 29 heavy (non-hydrogen) atoms. The third kappa shape index (κ3) is 4.42. The lowest BCUT2D eigenvalue weighted by Crippen LogP contribution is -2.12. The molecule has 0 radical (unpaired) electrons. The van der Waals surface area contributed by atoms with Crippen molar-refractivity contribution in [3.8, 4) is 17.6 Å². The van der Waals surface area contributed by atoms with Crippen molar-refractivity contribution in [3.63, 3.8) is 0 Å². The largest absolute Gasteiger partial charge is 0.488 e. The summed E-state index contributed by atoms with van der Waals surface area (Å²) >= 11 is 0. The Morgan fingerprint density at radius 1 is 0.966 bits per heavy atom. The van der Waals surface area contributed by atoms with Crippen molar-refractivity contribution >= 4 is 12.4 Å². The Morgan fingerprint density at radius 2 is 1.69 bits per heavy atom. The number of hydrogen-bond acceptors (Lipinski definition) is 2. The van der Waals surface area contributed by atoms with E-state index in [9.17, 15) is 35.5 Å². The van der Waals surface area contributed by atoms with Crippen LogP contribution in [0, 0.1) is 17.7 Å². The monoisotopic (exact) mass is 414 g/mol. The number of aldehydes is 1. The Balaban J connectivity index is 2.04. The van der Waals surface area contributed by atoms with E-state index in [1.807, 2.05) is 0 Å². The summed E-state index contributed by atoms with van der Waals surface area (Å²) in [5.41, 5.74) is -3.54. The van der Waals surface area contributed by atoms with Crippen molar-refractivity contribution in [2.24, 2.45) is 0 Å². The lowest BCUT2D eigenvalue weighted by molar-refractivity contribution is -0.143. The Bertz CT molecular complexity index is 1070. The molecule has 1 heterocycles. The molecule has 0 aliphatic carbocycles. The molecule has 1 aliphatic rings. The van der Waals surface area contributed by atoms with Crippen LogP contribution >= 0.6 is 0 Å². The molecule has 0 aromatic heterocycles. The van der Waals surface area contributed by atoms with Crippen molar-refractivity contribution in [2.75, 3.05) is 6.61 Å². The highest BCUT2D eigenvalue weighted by Gasteiger charge is 2.37. The van der Waals surface area contributed by atoms with Gasteiger partial charge in [-0.1, -0.05) is 11.8 Å². The number of carbonyl (C=O) groups is 1. The molecule has 1 aliphatic heterocycles. The Kier molecular flexibility index (Phi) is 5.13. The Morgan fingerprint density at radius 3 is 2.31 bits per heavy atom. The van der Waals surface area contributed by atoms with Crippen LogP contribution in [0.5, 0.6) is 5.75 Å². The zero-order valence-electron chi connectivity index (χ0n) is 14.2. The van der Waals surface area contributed by atoms with E-state index in [4.69, 9.17) is 4.74 Å². The quantitative estimate of drug-likeness (QED) is 0.363. The van der Waals surface area contributed by atoms with Crippen LogP contribution in [0.1, 0.15) is 27.8 Å². The molecule has 0 saturated carbocycles. The van der Waals surface area contributed by atoms with Crippen molar-refractivity contribution < 1.29 is 40.3 Å². The Hall–Kier alpha value is -3.28. The smallest absolute Gasteiger partial charge is 0.417 e. The lowest BCUT2D eigenvalue weighted by Gasteiger charge is -2.16. The number of rotatable bonds is 1. The molecule has 2 aromatic rings. The molecule has 2 aromatic carbocycles. The molecule has 0 fully saturated rings. The summed E-state index contributed by atoms with van der Waals surface area (Å²) in [5, 5.41) is 0. The van der Waals surface area contributed by atoms with Crippen LogP contribution in [0.4, 0.5) is 30.7 Å². The van der Waals surface area contributed by atoms with Gasteiger partial charge in [-0.15, -0.1) is 0 Å². The Labute approximate surface area is 159 Å². The summed E-state index contributed by atoms with van der Waals surface area (Å²) in [4.78, 5) is 10.8. The van der Waals surface area contributed by atoms with Gasteiger partial charge in [-0.2, -0.15) is 26.3 Å². The van der Waals surface area contributed by atoms with E-state index in [0.717, 1.165) is 6.07 Å². The van der Waals surface area contributed by atoms with Gasteiger partial charge in [0.15, 0.2) is 0 Å². The fraction of sp³-hybridized carbons (Fsp3) is 0.150. The van der Waals surface area contributed by atoms with E-state index in [-0.39, 0.29) is 35.1 Å². The molecule has 0 atom stereocenters. The van der Waals surface area contributed by atoms with Crippen molar-refractivity contribution in [3.05, 3.63) is 69.5 Å². The van der Waals surface area contributed by atoms with Gasteiger partial charge in [-0.05, 0) is 36.4 Å². The summed E-state index contributed by atoms with van der Waals surface area (Å²) in [7, 11) is 0. The van der Waals surface area contributed by atoms with Crippen LogP contribution in [0.2, 0.25) is 0 Å². The van der Waals surface area contributed by atoms with Crippen LogP contribution in [-0.2, 0) is 17.1 Å². The second-order valence-corrected chi connectivity index (χ2v) is 6.00. The second-order valence-electron chi connectivity index (χ2n) is 6.00. The molecule has 2 nitrogen and oxygen atoms in total. The molecule has 0 spiro atoms. The number of ether oxygens (including phenoxy) is 1. The molecule has 0 bridgehead atoms. The maximum atomic E-state index is 14.2. The standard InChI is InChI=1S/C20H9F7O2/c21-17-6-11(7-18-15(17)5-12(9-28)10-29-18)1-2-13-3-4-14(19(22,23)24)8-16(13)20(25,26)27/h3-9H,10H2. The van der Waals surface area contributed by atoms with E-state index in [1.54, 1.807) is 0 Å². The first-order valence-electron chi connectivity index (χ1n) is 7.91. The van der Waals surface area contributed by atoms with Crippen molar-refractivity contribution in [1.29, 1.82) is 0 Å². The molecule has 0 amide bonds. The van der Waals surface area contributed by atoms with Crippen LogP contribution in [0.3, 0.4) is 0 Å². The molecule has 0 N–H and O–H groups in total. The van der Waals surface area contributed by atoms with Crippen LogP contribution in [-0.4, -0.2) is 12.9 Å². The number of fused-ring (bicyclic) bond motifs is 1. The second kappa shape index (κ2) is 7.28. The van der Waals surface area contributed by atoms with E-state index >= 15 is 0 Å². The van der Waals surface area contributed by atoms with Crippen LogP contribution < -0.4 is 4.74 Å². The number of carbonyl (C=O) groups excluding carboxylic acids is 1.